The molecule has 0 bridgehead atoms. The van der Waals surface area contributed by atoms with E-state index in [9.17, 15) is 14.9 Å². The van der Waals surface area contributed by atoms with E-state index in [1.54, 1.807) is 16.8 Å². The summed E-state index contributed by atoms with van der Waals surface area (Å²) in [6.07, 6.45) is 0. The molecule has 0 aromatic carbocycles. The molecule has 1 saturated heterocycles. The monoisotopic (exact) mass is 270 g/mol. The normalized spacial score (nSPS) is 16.0. The Morgan fingerprint density at radius 3 is 2.78 bits per heavy atom. The van der Waals surface area contributed by atoms with Crippen LogP contribution in [-0.4, -0.2) is 47.4 Å². The van der Waals surface area contributed by atoms with Crippen LogP contribution in [0, 0.1) is 10.1 Å². The minimum Gasteiger partial charge on any atom is -0.345 e. The number of rotatable bonds is 2. The molecular formula is C10H11ClN4O3. The van der Waals surface area contributed by atoms with Gasteiger partial charge < -0.3 is 9.80 Å². The molecule has 1 aromatic heterocycles. The molecule has 8 heteroatoms. The van der Waals surface area contributed by atoms with Gasteiger partial charge in [-0.1, -0.05) is 11.6 Å². The second-order valence-corrected chi connectivity index (χ2v) is 4.39. The number of piperazine rings is 1. The number of likely N-dealkylation sites (N-methyl/N-ethyl adjacent to an activating group) is 1. The van der Waals surface area contributed by atoms with Gasteiger partial charge in [0.2, 0.25) is 5.91 Å². The molecule has 0 saturated carbocycles. The molecule has 1 aliphatic heterocycles. The molecule has 0 atom stereocenters. The molecule has 1 amide bonds. The quantitative estimate of drug-likeness (QED) is 0.454. The van der Waals surface area contributed by atoms with E-state index in [1.165, 1.54) is 12.1 Å². The number of aromatic nitrogens is 1. The number of hydrogen-bond donors (Lipinski definition) is 0. The maximum atomic E-state index is 11.6. The van der Waals surface area contributed by atoms with Gasteiger partial charge in [0.1, 0.15) is 11.0 Å². The summed E-state index contributed by atoms with van der Waals surface area (Å²) in [5.41, 5.74) is -0.128. The van der Waals surface area contributed by atoms with Crippen molar-refractivity contribution in [3.63, 3.8) is 0 Å². The lowest BCUT2D eigenvalue weighted by molar-refractivity contribution is -0.384. The molecule has 18 heavy (non-hydrogen) atoms. The number of amides is 1. The summed E-state index contributed by atoms with van der Waals surface area (Å²) < 4.78 is 0. The molecule has 0 spiro atoms. The maximum absolute atomic E-state index is 11.6. The van der Waals surface area contributed by atoms with Crippen LogP contribution < -0.4 is 4.90 Å². The fraction of sp³-hybridized carbons (Fsp3) is 0.400. The number of hydrogen-bond acceptors (Lipinski definition) is 5. The van der Waals surface area contributed by atoms with Crippen LogP contribution in [0.15, 0.2) is 12.1 Å². The maximum Gasteiger partial charge on any atom is 0.276 e. The van der Waals surface area contributed by atoms with Crippen molar-refractivity contribution in [3.05, 3.63) is 27.4 Å². The molecule has 1 aromatic rings. The Morgan fingerprint density at radius 1 is 1.44 bits per heavy atom. The zero-order chi connectivity index (χ0) is 13.3. The van der Waals surface area contributed by atoms with E-state index in [1.807, 2.05) is 0 Å². The van der Waals surface area contributed by atoms with Gasteiger partial charge >= 0.3 is 0 Å². The van der Waals surface area contributed by atoms with E-state index in [0.717, 1.165) is 0 Å². The molecule has 96 valence electrons. The van der Waals surface area contributed by atoms with Crippen molar-refractivity contribution in [3.8, 4) is 0 Å². The lowest BCUT2D eigenvalue weighted by Gasteiger charge is -2.32. The molecule has 2 heterocycles. The Bertz CT molecular complexity index is 508. The van der Waals surface area contributed by atoms with Crippen molar-refractivity contribution in [2.45, 2.75) is 0 Å². The van der Waals surface area contributed by atoms with Crippen LogP contribution >= 0.6 is 11.6 Å². The third kappa shape index (κ3) is 2.51. The van der Waals surface area contributed by atoms with Gasteiger partial charge in [-0.2, -0.15) is 0 Å². The molecule has 0 radical (unpaired) electrons. The number of pyridine rings is 1. The first-order valence-electron chi connectivity index (χ1n) is 5.28. The highest BCUT2D eigenvalue weighted by Gasteiger charge is 2.23. The van der Waals surface area contributed by atoms with Crippen LogP contribution in [0.1, 0.15) is 0 Å². The minimum atomic E-state index is -0.533. The molecule has 1 aliphatic rings. The molecule has 2 rings (SSSR count). The Kier molecular flexibility index (Phi) is 3.33. The summed E-state index contributed by atoms with van der Waals surface area (Å²) in [5, 5.41) is 10.8. The van der Waals surface area contributed by atoms with Gasteiger partial charge in [-0.15, -0.1) is 0 Å². The average molecular weight is 271 g/mol. The smallest absolute Gasteiger partial charge is 0.276 e. The summed E-state index contributed by atoms with van der Waals surface area (Å²) >= 11 is 5.74. The van der Waals surface area contributed by atoms with Crippen LogP contribution in [0.2, 0.25) is 5.15 Å². The second-order valence-electron chi connectivity index (χ2n) is 4.00. The van der Waals surface area contributed by atoms with Crippen molar-refractivity contribution in [2.24, 2.45) is 0 Å². The molecule has 0 unspecified atom stereocenters. The van der Waals surface area contributed by atoms with Crippen molar-refractivity contribution >= 4 is 29.0 Å². The van der Waals surface area contributed by atoms with Crippen LogP contribution in [0.3, 0.4) is 0 Å². The fourth-order valence-corrected chi connectivity index (χ4v) is 1.89. The van der Waals surface area contributed by atoms with E-state index in [-0.39, 0.29) is 23.3 Å². The van der Waals surface area contributed by atoms with Crippen LogP contribution in [0.4, 0.5) is 11.5 Å². The molecular weight excluding hydrogens is 260 g/mol. The molecule has 1 fully saturated rings. The number of halogens is 1. The number of carbonyl (C=O) groups excluding carboxylic acids is 1. The summed E-state index contributed by atoms with van der Waals surface area (Å²) in [5.74, 6) is 0.307. The Morgan fingerprint density at radius 2 is 2.17 bits per heavy atom. The summed E-state index contributed by atoms with van der Waals surface area (Å²) in [4.78, 5) is 29.1. The number of nitrogens with zero attached hydrogens (tertiary/aromatic N) is 4. The van der Waals surface area contributed by atoms with E-state index in [0.29, 0.717) is 18.9 Å². The summed E-state index contributed by atoms with van der Waals surface area (Å²) in [7, 11) is 1.72. The fourth-order valence-electron chi connectivity index (χ4n) is 1.69. The number of nitro groups is 1. The lowest BCUT2D eigenvalue weighted by atomic mass is 10.3. The van der Waals surface area contributed by atoms with E-state index in [2.05, 4.69) is 4.98 Å². The van der Waals surface area contributed by atoms with Gasteiger partial charge in [0.05, 0.1) is 23.6 Å². The summed E-state index contributed by atoms with van der Waals surface area (Å²) in [6.45, 7) is 1.29. The molecule has 0 N–H and O–H groups in total. The average Bonchev–Trinajstić information content (AvgIpc) is 2.31. The number of carbonyl (C=O) groups is 1. The van der Waals surface area contributed by atoms with Crippen LogP contribution in [0.5, 0.6) is 0 Å². The van der Waals surface area contributed by atoms with Gasteiger partial charge in [0, 0.05) is 20.1 Å². The largest absolute Gasteiger partial charge is 0.345 e. The molecule has 7 nitrogen and oxygen atoms in total. The van der Waals surface area contributed by atoms with Gasteiger partial charge in [0.25, 0.3) is 5.69 Å². The van der Waals surface area contributed by atoms with Crippen molar-refractivity contribution < 1.29 is 9.72 Å². The Labute approximate surface area is 108 Å². The third-order valence-electron chi connectivity index (χ3n) is 2.76. The SMILES string of the molecule is CN1CCN(c2cc([N+](=O)[O-])cc(Cl)n2)CC1=O. The summed E-state index contributed by atoms with van der Waals surface area (Å²) in [6, 6.07) is 2.51. The topological polar surface area (TPSA) is 79.6 Å². The Hall–Kier alpha value is -1.89. The zero-order valence-corrected chi connectivity index (χ0v) is 10.4. The van der Waals surface area contributed by atoms with Crippen molar-refractivity contribution in [1.29, 1.82) is 0 Å². The van der Waals surface area contributed by atoms with E-state index >= 15 is 0 Å². The predicted molar refractivity (Wildman–Crippen MR) is 65.8 cm³/mol. The van der Waals surface area contributed by atoms with Gasteiger partial charge in [0.15, 0.2) is 0 Å². The number of anilines is 1. The van der Waals surface area contributed by atoms with Gasteiger partial charge in [-0.3, -0.25) is 14.9 Å². The van der Waals surface area contributed by atoms with Gasteiger partial charge in [-0.05, 0) is 0 Å². The standard InChI is InChI=1S/C10H11ClN4O3/c1-13-2-3-14(6-10(13)16)9-5-7(15(17)18)4-8(11)12-9/h4-5H,2-3,6H2,1H3. The van der Waals surface area contributed by atoms with Crippen LogP contribution in [0.25, 0.3) is 0 Å². The first-order chi connectivity index (χ1) is 8.47. The molecule has 0 aliphatic carbocycles. The van der Waals surface area contributed by atoms with Crippen molar-refractivity contribution in [1.82, 2.24) is 9.88 Å². The highest BCUT2D eigenvalue weighted by atomic mass is 35.5. The van der Waals surface area contributed by atoms with E-state index in [4.69, 9.17) is 11.6 Å². The zero-order valence-electron chi connectivity index (χ0n) is 9.67. The van der Waals surface area contributed by atoms with Gasteiger partial charge in [-0.25, -0.2) is 4.98 Å². The Balaban J connectivity index is 2.28. The second kappa shape index (κ2) is 4.77. The van der Waals surface area contributed by atoms with E-state index < -0.39 is 4.92 Å². The highest BCUT2D eigenvalue weighted by Crippen LogP contribution is 2.24. The minimum absolute atomic E-state index is 0.0468. The third-order valence-corrected chi connectivity index (χ3v) is 2.95. The first kappa shape index (κ1) is 12.6. The lowest BCUT2D eigenvalue weighted by Crippen LogP contribution is -2.48. The van der Waals surface area contributed by atoms with Crippen LogP contribution in [-0.2, 0) is 4.79 Å². The highest BCUT2D eigenvalue weighted by molar-refractivity contribution is 6.29. The predicted octanol–water partition coefficient (Wildman–Crippen LogP) is 0.922. The first-order valence-corrected chi connectivity index (χ1v) is 5.66. The van der Waals surface area contributed by atoms with Crippen molar-refractivity contribution in [2.75, 3.05) is 31.6 Å².